The highest BCUT2D eigenvalue weighted by molar-refractivity contribution is 7.70. The molecule has 160 valence electrons. The monoisotopic (exact) mass is 453 g/mol. The molecular formula is C21H24N7OPS. The number of likely N-dealkylation sites (N-methyl/N-ethyl adjacent to an activating group) is 1. The van der Waals surface area contributed by atoms with Gasteiger partial charge in [0, 0.05) is 35.9 Å². The number of aromatic amines is 1. The topological polar surface area (TPSA) is 98.8 Å². The van der Waals surface area contributed by atoms with Gasteiger partial charge in [0.15, 0.2) is 5.13 Å². The Hall–Kier alpha value is -2.74. The third-order valence-corrected chi connectivity index (χ3v) is 7.84. The number of thiazole rings is 1. The Kier molecular flexibility index (Phi) is 5.04. The van der Waals surface area contributed by atoms with Gasteiger partial charge in [-0.3, -0.25) is 5.32 Å². The Bertz CT molecular complexity index is 1310. The van der Waals surface area contributed by atoms with Crippen molar-refractivity contribution in [2.45, 2.75) is 13.0 Å². The van der Waals surface area contributed by atoms with Gasteiger partial charge < -0.3 is 19.8 Å². The molecule has 10 heteroatoms. The van der Waals surface area contributed by atoms with Crippen molar-refractivity contribution in [3.8, 4) is 0 Å². The summed E-state index contributed by atoms with van der Waals surface area (Å²) in [6.07, 6.45) is 2.79. The van der Waals surface area contributed by atoms with E-state index in [9.17, 15) is 4.57 Å². The number of para-hydroxylation sites is 1. The molecule has 0 radical (unpaired) electrons. The summed E-state index contributed by atoms with van der Waals surface area (Å²) in [6, 6.07) is 9.58. The first-order valence-electron chi connectivity index (χ1n) is 10.1. The minimum Gasteiger partial charge on any atom is -0.346 e. The van der Waals surface area contributed by atoms with Gasteiger partial charge in [0.05, 0.1) is 16.8 Å². The van der Waals surface area contributed by atoms with E-state index in [0.29, 0.717) is 11.8 Å². The molecule has 0 atom stereocenters. The molecule has 0 fully saturated rings. The number of aromatic nitrogens is 4. The van der Waals surface area contributed by atoms with Crippen LogP contribution >= 0.6 is 18.5 Å². The van der Waals surface area contributed by atoms with E-state index in [2.05, 4.69) is 32.5 Å². The fourth-order valence-electron chi connectivity index (χ4n) is 3.74. The molecule has 0 amide bonds. The zero-order valence-electron chi connectivity index (χ0n) is 17.6. The zero-order chi connectivity index (χ0) is 21.6. The molecule has 0 saturated heterocycles. The van der Waals surface area contributed by atoms with Crippen LogP contribution in [-0.2, 0) is 17.5 Å². The summed E-state index contributed by atoms with van der Waals surface area (Å²) in [6.45, 7) is 5.48. The van der Waals surface area contributed by atoms with Crippen LogP contribution in [0.4, 0.5) is 22.6 Å². The maximum atomic E-state index is 12.8. The molecule has 0 aliphatic carbocycles. The quantitative estimate of drug-likeness (QED) is 0.391. The predicted octanol–water partition coefficient (Wildman–Crippen LogP) is 4.14. The van der Waals surface area contributed by atoms with E-state index in [1.165, 1.54) is 4.88 Å². The molecule has 1 aliphatic rings. The Balaban J connectivity index is 1.50. The lowest BCUT2D eigenvalue weighted by Gasteiger charge is -2.20. The first kappa shape index (κ1) is 20.2. The van der Waals surface area contributed by atoms with Crippen LogP contribution in [0.15, 0.2) is 36.5 Å². The highest BCUT2D eigenvalue weighted by Gasteiger charge is 2.20. The second-order valence-corrected chi connectivity index (χ2v) is 12.4. The van der Waals surface area contributed by atoms with Gasteiger partial charge in [-0.05, 0) is 38.6 Å². The lowest BCUT2D eigenvalue weighted by Crippen LogP contribution is -2.25. The van der Waals surface area contributed by atoms with Crippen LogP contribution in [0.5, 0.6) is 0 Å². The number of hydrogen-bond donors (Lipinski definition) is 3. The number of rotatable bonds is 5. The number of nitrogens with zero attached hydrogens (tertiary/aromatic N) is 4. The lowest BCUT2D eigenvalue weighted by molar-refractivity contribution is 0.314. The summed E-state index contributed by atoms with van der Waals surface area (Å²) >= 11 is 1.65. The van der Waals surface area contributed by atoms with Gasteiger partial charge in [-0.15, -0.1) is 11.3 Å². The highest BCUT2D eigenvalue weighted by atomic mass is 32.1. The van der Waals surface area contributed by atoms with Crippen molar-refractivity contribution in [1.82, 2.24) is 24.8 Å². The third-order valence-electron chi connectivity index (χ3n) is 5.29. The SMILES string of the molecule is CN1CCc2nc(Nc3nc(Nc4ccccc4P(C)(C)=O)c4cc[nH]c4n3)sc2C1. The Morgan fingerprint density at radius 2 is 1.97 bits per heavy atom. The summed E-state index contributed by atoms with van der Waals surface area (Å²) < 4.78 is 12.8. The van der Waals surface area contributed by atoms with Crippen LogP contribution in [-0.4, -0.2) is 51.8 Å². The van der Waals surface area contributed by atoms with Crippen molar-refractivity contribution in [3.05, 3.63) is 47.1 Å². The van der Waals surface area contributed by atoms with Crippen molar-refractivity contribution >= 4 is 57.4 Å². The highest BCUT2D eigenvalue weighted by Crippen LogP contribution is 2.38. The van der Waals surface area contributed by atoms with Crippen molar-refractivity contribution in [1.29, 1.82) is 0 Å². The fourth-order valence-corrected chi connectivity index (χ4v) is 5.98. The van der Waals surface area contributed by atoms with E-state index in [-0.39, 0.29) is 0 Å². The molecule has 3 aromatic heterocycles. The van der Waals surface area contributed by atoms with Gasteiger partial charge in [0.2, 0.25) is 5.95 Å². The van der Waals surface area contributed by atoms with Crippen LogP contribution in [0.2, 0.25) is 0 Å². The first-order chi connectivity index (χ1) is 14.9. The maximum Gasteiger partial charge on any atom is 0.233 e. The number of hydrogen-bond acceptors (Lipinski definition) is 8. The molecule has 0 saturated carbocycles. The number of anilines is 4. The molecule has 3 N–H and O–H groups in total. The molecule has 0 spiro atoms. The number of fused-ring (bicyclic) bond motifs is 2. The summed E-state index contributed by atoms with van der Waals surface area (Å²) in [5.74, 6) is 1.11. The third kappa shape index (κ3) is 4.08. The van der Waals surface area contributed by atoms with Crippen LogP contribution in [0.3, 0.4) is 0 Å². The molecule has 4 aromatic rings. The van der Waals surface area contributed by atoms with E-state index in [0.717, 1.165) is 52.4 Å². The van der Waals surface area contributed by atoms with Crippen LogP contribution < -0.4 is 15.9 Å². The van der Waals surface area contributed by atoms with Crippen LogP contribution in [0.1, 0.15) is 10.6 Å². The second-order valence-electron chi connectivity index (χ2n) is 8.13. The molecule has 0 unspecified atom stereocenters. The molecule has 1 aromatic carbocycles. The molecule has 8 nitrogen and oxygen atoms in total. The first-order valence-corrected chi connectivity index (χ1v) is 13.5. The molecule has 0 bridgehead atoms. The summed E-state index contributed by atoms with van der Waals surface area (Å²) in [4.78, 5) is 20.8. The zero-order valence-corrected chi connectivity index (χ0v) is 19.3. The molecule has 5 rings (SSSR count). The largest absolute Gasteiger partial charge is 0.346 e. The van der Waals surface area contributed by atoms with Crippen molar-refractivity contribution in [2.24, 2.45) is 0 Å². The van der Waals surface area contributed by atoms with E-state index in [1.807, 2.05) is 36.5 Å². The minimum absolute atomic E-state index is 0.463. The van der Waals surface area contributed by atoms with Crippen LogP contribution in [0.25, 0.3) is 11.0 Å². The standard InChI is InChI=1S/C21H24N7OPS/c1-28-11-9-15-17(12-28)31-21(24-15)27-20-25-18-13(8-10-22-18)19(26-20)23-14-6-4-5-7-16(14)30(2,3)29/h4-8,10H,9,11-12H2,1-3H3,(H3,22,23,24,25,26,27). The van der Waals surface area contributed by atoms with Gasteiger partial charge in [-0.1, -0.05) is 12.1 Å². The number of benzene rings is 1. The molecule has 31 heavy (non-hydrogen) atoms. The van der Waals surface area contributed by atoms with Gasteiger partial charge in [0.1, 0.15) is 18.6 Å². The van der Waals surface area contributed by atoms with E-state index in [4.69, 9.17) is 9.97 Å². The predicted molar refractivity (Wildman–Crippen MR) is 128 cm³/mol. The summed E-state index contributed by atoms with van der Waals surface area (Å²) in [5.41, 5.74) is 2.66. The van der Waals surface area contributed by atoms with Gasteiger partial charge >= 0.3 is 0 Å². The molecule has 4 heterocycles. The summed E-state index contributed by atoms with van der Waals surface area (Å²) in [7, 11) is -0.331. The number of nitrogens with one attached hydrogen (secondary N) is 3. The second kappa shape index (κ2) is 7.75. The van der Waals surface area contributed by atoms with Gasteiger partial charge in [-0.25, -0.2) is 4.98 Å². The van der Waals surface area contributed by atoms with E-state index >= 15 is 0 Å². The fraction of sp³-hybridized carbons (Fsp3) is 0.286. The van der Waals surface area contributed by atoms with Gasteiger partial charge in [0.25, 0.3) is 0 Å². The molecule has 1 aliphatic heterocycles. The lowest BCUT2D eigenvalue weighted by atomic mass is 10.2. The van der Waals surface area contributed by atoms with E-state index in [1.54, 1.807) is 24.7 Å². The molecular weight excluding hydrogens is 429 g/mol. The van der Waals surface area contributed by atoms with Crippen LogP contribution in [0, 0.1) is 0 Å². The van der Waals surface area contributed by atoms with E-state index < -0.39 is 7.14 Å². The minimum atomic E-state index is -2.46. The number of H-pyrrole nitrogens is 1. The Morgan fingerprint density at radius 1 is 1.13 bits per heavy atom. The van der Waals surface area contributed by atoms with Gasteiger partial charge in [-0.2, -0.15) is 9.97 Å². The van der Waals surface area contributed by atoms with Crippen molar-refractivity contribution < 1.29 is 4.57 Å². The average molecular weight is 454 g/mol. The summed E-state index contributed by atoms with van der Waals surface area (Å²) in [5, 5.41) is 9.12. The smallest absolute Gasteiger partial charge is 0.233 e. The Labute approximate surface area is 184 Å². The normalized spacial score (nSPS) is 14.5. The maximum absolute atomic E-state index is 12.8. The van der Waals surface area contributed by atoms with Crippen molar-refractivity contribution in [3.63, 3.8) is 0 Å². The van der Waals surface area contributed by atoms with Crippen molar-refractivity contribution in [2.75, 3.05) is 37.6 Å². The Morgan fingerprint density at radius 3 is 2.81 bits per heavy atom. The average Bonchev–Trinajstić information content (AvgIpc) is 3.33.